The van der Waals surface area contributed by atoms with Crippen molar-refractivity contribution in [1.82, 2.24) is 0 Å². The Hall–Kier alpha value is -1.03. The minimum absolute atomic E-state index is 0.0224. The van der Waals surface area contributed by atoms with Gasteiger partial charge in [-0.05, 0) is 30.7 Å². The minimum Gasteiger partial charge on any atom is -0.294 e. The summed E-state index contributed by atoms with van der Waals surface area (Å²) in [4.78, 5) is 11.7. The largest absolute Gasteiger partial charge is 0.294 e. The van der Waals surface area contributed by atoms with Crippen molar-refractivity contribution >= 4 is 16.6 Å². The Kier molecular flexibility index (Phi) is 5.48. The maximum atomic E-state index is 12.6. The molecule has 1 unspecified atom stereocenters. The average molecular weight is 256 g/mol. The molecule has 0 aromatic heterocycles. The number of ketones is 1. The molecule has 0 aliphatic heterocycles. The SMILES string of the molecule is CC(C)S(=O)CCCC(=O)c1ccc(F)cc1. The van der Waals surface area contributed by atoms with Crippen molar-refractivity contribution in [2.24, 2.45) is 0 Å². The van der Waals surface area contributed by atoms with Crippen molar-refractivity contribution < 1.29 is 13.4 Å². The lowest BCUT2D eigenvalue weighted by atomic mass is 10.1. The number of carbonyl (C=O) groups excluding carboxylic acids is 1. The maximum absolute atomic E-state index is 12.6. The molecule has 1 atom stereocenters. The molecule has 0 fully saturated rings. The molecule has 0 saturated carbocycles. The van der Waals surface area contributed by atoms with Crippen molar-refractivity contribution in [3.63, 3.8) is 0 Å². The summed E-state index contributed by atoms with van der Waals surface area (Å²) in [5.74, 6) is 0.179. The van der Waals surface area contributed by atoms with E-state index in [1.54, 1.807) is 0 Å². The van der Waals surface area contributed by atoms with Crippen molar-refractivity contribution in [2.75, 3.05) is 5.75 Å². The number of hydrogen-bond acceptors (Lipinski definition) is 2. The van der Waals surface area contributed by atoms with Crippen LogP contribution in [0, 0.1) is 5.82 Å². The Morgan fingerprint density at radius 2 is 1.88 bits per heavy atom. The summed E-state index contributed by atoms with van der Waals surface area (Å²) in [6.45, 7) is 3.80. The second-order valence-electron chi connectivity index (χ2n) is 4.17. The van der Waals surface area contributed by atoms with Gasteiger partial charge in [0.25, 0.3) is 0 Å². The van der Waals surface area contributed by atoms with Crippen LogP contribution in [0.15, 0.2) is 24.3 Å². The van der Waals surface area contributed by atoms with Crippen LogP contribution < -0.4 is 0 Å². The minimum atomic E-state index is -0.860. The van der Waals surface area contributed by atoms with Crippen LogP contribution in [0.25, 0.3) is 0 Å². The summed E-state index contributed by atoms with van der Waals surface area (Å²) in [6.07, 6.45) is 0.977. The van der Waals surface area contributed by atoms with Gasteiger partial charge in [-0.2, -0.15) is 0 Å². The Bertz CT molecular complexity index is 398. The lowest BCUT2D eigenvalue weighted by Crippen LogP contribution is -2.11. The third kappa shape index (κ3) is 4.77. The predicted octanol–water partition coefficient (Wildman–Crippen LogP) is 2.95. The second-order valence-corrected chi connectivity index (χ2v) is 6.28. The molecule has 17 heavy (non-hydrogen) atoms. The molecule has 0 bridgehead atoms. The third-order valence-electron chi connectivity index (χ3n) is 2.44. The molecule has 0 heterocycles. The van der Waals surface area contributed by atoms with Crippen molar-refractivity contribution in [3.8, 4) is 0 Å². The fourth-order valence-corrected chi connectivity index (χ4v) is 2.29. The first-order valence-electron chi connectivity index (χ1n) is 5.66. The Balaban J connectivity index is 2.40. The van der Waals surface area contributed by atoms with Gasteiger partial charge < -0.3 is 0 Å². The van der Waals surface area contributed by atoms with Gasteiger partial charge in [0.1, 0.15) is 5.82 Å². The zero-order valence-corrected chi connectivity index (χ0v) is 10.9. The molecule has 0 aliphatic carbocycles. The maximum Gasteiger partial charge on any atom is 0.162 e. The summed E-state index contributed by atoms with van der Waals surface area (Å²) in [7, 11) is -0.860. The Morgan fingerprint density at radius 1 is 1.29 bits per heavy atom. The first-order valence-corrected chi connectivity index (χ1v) is 7.05. The van der Waals surface area contributed by atoms with E-state index in [9.17, 15) is 13.4 Å². The molecule has 2 nitrogen and oxygen atoms in total. The summed E-state index contributed by atoms with van der Waals surface area (Å²) in [5, 5.41) is 0.135. The molecule has 0 saturated heterocycles. The van der Waals surface area contributed by atoms with Crippen LogP contribution in [0.2, 0.25) is 0 Å². The van der Waals surface area contributed by atoms with Crippen LogP contribution in [0.4, 0.5) is 4.39 Å². The fraction of sp³-hybridized carbons (Fsp3) is 0.462. The molecule has 4 heteroatoms. The summed E-state index contributed by atoms with van der Waals surface area (Å²) < 4.78 is 24.1. The predicted molar refractivity (Wildman–Crippen MR) is 68.1 cm³/mol. The van der Waals surface area contributed by atoms with E-state index in [0.717, 1.165) is 0 Å². The van der Waals surface area contributed by atoms with E-state index in [1.165, 1.54) is 24.3 Å². The molecule has 1 aromatic rings. The van der Waals surface area contributed by atoms with Crippen molar-refractivity contribution in [1.29, 1.82) is 0 Å². The number of carbonyl (C=O) groups is 1. The van der Waals surface area contributed by atoms with Crippen LogP contribution in [-0.4, -0.2) is 21.0 Å². The van der Waals surface area contributed by atoms with Gasteiger partial charge in [0.2, 0.25) is 0 Å². The number of Topliss-reactive ketones (excluding diaryl/α,β-unsaturated/α-hetero) is 1. The van der Waals surface area contributed by atoms with Gasteiger partial charge in [-0.1, -0.05) is 13.8 Å². The normalized spacial score (nSPS) is 12.7. The van der Waals surface area contributed by atoms with Crippen molar-refractivity contribution in [3.05, 3.63) is 35.6 Å². The average Bonchev–Trinajstić information content (AvgIpc) is 2.29. The van der Waals surface area contributed by atoms with Crippen LogP contribution in [0.3, 0.4) is 0 Å². The summed E-state index contributed by atoms with van der Waals surface area (Å²) in [6, 6.07) is 5.52. The van der Waals surface area contributed by atoms with Gasteiger partial charge >= 0.3 is 0 Å². The van der Waals surface area contributed by atoms with E-state index in [-0.39, 0.29) is 16.9 Å². The van der Waals surface area contributed by atoms with Gasteiger partial charge in [-0.3, -0.25) is 9.00 Å². The van der Waals surface area contributed by atoms with Gasteiger partial charge in [0.15, 0.2) is 5.78 Å². The highest BCUT2D eigenvalue weighted by molar-refractivity contribution is 7.85. The van der Waals surface area contributed by atoms with E-state index in [1.807, 2.05) is 13.8 Å². The number of hydrogen-bond donors (Lipinski definition) is 0. The third-order valence-corrected chi connectivity index (χ3v) is 4.18. The zero-order valence-electron chi connectivity index (χ0n) is 10.1. The van der Waals surface area contributed by atoms with Crippen LogP contribution in [0.5, 0.6) is 0 Å². The molecule has 0 amide bonds. The Morgan fingerprint density at radius 3 is 2.41 bits per heavy atom. The molecule has 0 N–H and O–H groups in total. The quantitative estimate of drug-likeness (QED) is 0.733. The topological polar surface area (TPSA) is 34.1 Å². The summed E-state index contributed by atoms with van der Waals surface area (Å²) >= 11 is 0. The number of benzene rings is 1. The van der Waals surface area contributed by atoms with E-state index < -0.39 is 10.8 Å². The highest BCUT2D eigenvalue weighted by Crippen LogP contribution is 2.08. The van der Waals surface area contributed by atoms with E-state index >= 15 is 0 Å². The second kappa shape index (κ2) is 6.64. The molecule has 1 aromatic carbocycles. The van der Waals surface area contributed by atoms with Gasteiger partial charge in [-0.25, -0.2) is 4.39 Å². The highest BCUT2D eigenvalue weighted by atomic mass is 32.2. The molecule has 1 rings (SSSR count). The summed E-state index contributed by atoms with van der Waals surface area (Å²) in [5.41, 5.74) is 0.515. The van der Waals surface area contributed by atoms with Crippen LogP contribution >= 0.6 is 0 Å². The molecule has 0 spiro atoms. The lowest BCUT2D eigenvalue weighted by molar-refractivity contribution is 0.0982. The van der Waals surface area contributed by atoms with E-state index in [4.69, 9.17) is 0 Å². The number of halogens is 1. The number of rotatable bonds is 6. The molecule has 0 radical (unpaired) electrons. The molecule has 0 aliphatic rings. The van der Waals surface area contributed by atoms with E-state index in [2.05, 4.69) is 0 Å². The highest BCUT2D eigenvalue weighted by Gasteiger charge is 2.09. The first kappa shape index (κ1) is 14.0. The standard InChI is InChI=1S/C13H17FO2S/c1-10(2)17(16)9-3-4-13(15)11-5-7-12(14)8-6-11/h5-8,10H,3-4,9H2,1-2H3. The Labute approximate surface area is 104 Å². The van der Waals surface area contributed by atoms with Gasteiger partial charge in [-0.15, -0.1) is 0 Å². The molecule has 94 valence electrons. The van der Waals surface area contributed by atoms with E-state index in [0.29, 0.717) is 24.2 Å². The van der Waals surface area contributed by atoms with Crippen LogP contribution in [-0.2, 0) is 10.8 Å². The molecular formula is C13H17FO2S. The monoisotopic (exact) mass is 256 g/mol. The van der Waals surface area contributed by atoms with Gasteiger partial charge in [0.05, 0.1) is 0 Å². The molecular weight excluding hydrogens is 239 g/mol. The lowest BCUT2D eigenvalue weighted by Gasteiger charge is -2.05. The van der Waals surface area contributed by atoms with Crippen LogP contribution in [0.1, 0.15) is 37.0 Å². The zero-order chi connectivity index (χ0) is 12.8. The van der Waals surface area contributed by atoms with Gasteiger partial charge in [0, 0.05) is 33.8 Å². The smallest absolute Gasteiger partial charge is 0.162 e. The fourth-order valence-electron chi connectivity index (χ4n) is 1.39. The first-order chi connectivity index (χ1) is 8.00. The van der Waals surface area contributed by atoms with Crippen molar-refractivity contribution in [2.45, 2.75) is 31.9 Å².